The average Bonchev–Trinajstić information content (AvgIpc) is 2.29. The molecule has 0 aromatic heterocycles. The molecule has 1 rings (SSSR count). The van der Waals surface area contributed by atoms with Crippen molar-refractivity contribution in [3.63, 3.8) is 0 Å². The molecule has 0 bridgehead atoms. The summed E-state index contributed by atoms with van der Waals surface area (Å²) in [4.78, 5) is 2.52. The molecule has 0 amide bonds. The highest BCUT2D eigenvalue weighted by molar-refractivity contribution is 5.22. The first-order valence-electron chi connectivity index (χ1n) is 6.45. The van der Waals surface area contributed by atoms with Gasteiger partial charge in [-0.3, -0.25) is 0 Å². The quantitative estimate of drug-likeness (QED) is 0.637. The van der Waals surface area contributed by atoms with Gasteiger partial charge in [0.05, 0.1) is 0 Å². The largest absolute Gasteiger partial charge is 0.372 e. The fourth-order valence-electron chi connectivity index (χ4n) is 2.10. The summed E-state index contributed by atoms with van der Waals surface area (Å²) in [7, 11) is 0. The molecule has 1 aliphatic rings. The van der Waals surface area contributed by atoms with Crippen molar-refractivity contribution in [1.29, 1.82) is 0 Å². The van der Waals surface area contributed by atoms with E-state index in [1.54, 1.807) is 0 Å². The Labute approximate surface area is 94.9 Å². The molecule has 0 aliphatic heterocycles. The molecule has 0 spiro atoms. The fraction of sp³-hybridized carbons (Fsp3) is 0.714. The smallest absolute Gasteiger partial charge is 0.0322 e. The predicted molar refractivity (Wildman–Crippen MR) is 67.8 cm³/mol. The normalized spacial score (nSPS) is 20.2. The molecule has 0 aromatic carbocycles. The van der Waals surface area contributed by atoms with Crippen LogP contribution in [-0.4, -0.2) is 18.0 Å². The van der Waals surface area contributed by atoms with Gasteiger partial charge in [-0.1, -0.05) is 32.9 Å². The highest BCUT2D eigenvalue weighted by Crippen LogP contribution is 2.21. The van der Waals surface area contributed by atoms with E-state index in [0.717, 1.165) is 5.92 Å². The van der Waals surface area contributed by atoms with Crippen molar-refractivity contribution < 1.29 is 0 Å². The zero-order chi connectivity index (χ0) is 11.1. The van der Waals surface area contributed by atoms with E-state index in [2.05, 4.69) is 43.9 Å². The van der Waals surface area contributed by atoms with Gasteiger partial charge >= 0.3 is 0 Å². The molecule has 1 nitrogen and oxygen atoms in total. The molecule has 0 radical (unpaired) electrons. The third-order valence-electron chi connectivity index (χ3n) is 3.05. The molecule has 1 heteroatoms. The maximum absolute atomic E-state index is 2.52. The van der Waals surface area contributed by atoms with Gasteiger partial charge in [-0.05, 0) is 37.7 Å². The van der Waals surface area contributed by atoms with Gasteiger partial charge in [-0.15, -0.1) is 0 Å². The molecule has 1 unspecified atom stereocenters. The summed E-state index contributed by atoms with van der Waals surface area (Å²) in [5, 5.41) is 0. The Morgan fingerprint density at radius 3 is 2.27 bits per heavy atom. The SMILES string of the molecule is CCCN(CCC)C1=CCC(CC)C=C1. The Bertz CT molecular complexity index is 221. The summed E-state index contributed by atoms with van der Waals surface area (Å²) in [6.45, 7) is 9.17. The van der Waals surface area contributed by atoms with E-state index >= 15 is 0 Å². The number of allylic oxidation sites excluding steroid dienone is 3. The summed E-state index contributed by atoms with van der Waals surface area (Å²) >= 11 is 0. The average molecular weight is 207 g/mol. The fourth-order valence-corrected chi connectivity index (χ4v) is 2.10. The number of hydrogen-bond acceptors (Lipinski definition) is 1. The standard InChI is InChI=1S/C14H25N/c1-4-11-15(12-5-2)14-9-7-13(6-3)8-10-14/h7,9-10,13H,4-6,8,11-12H2,1-3H3. The van der Waals surface area contributed by atoms with Crippen LogP contribution in [0.3, 0.4) is 0 Å². The number of hydrogen-bond donors (Lipinski definition) is 0. The summed E-state index contributed by atoms with van der Waals surface area (Å²) < 4.78 is 0. The zero-order valence-electron chi connectivity index (χ0n) is 10.5. The van der Waals surface area contributed by atoms with Crippen molar-refractivity contribution in [2.45, 2.75) is 46.5 Å². The van der Waals surface area contributed by atoms with Crippen LogP contribution in [0.5, 0.6) is 0 Å². The lowest BCUT2D eigenvalue weighted by Gasteiger charge is -2.27. The monoisotopic (exact) mass is 207 g/mol. The predicted octanol–water partition coefficient (Wildman–Crippen LogP) is 3.98. The number of rotatable bonds is 6. The molecule has 0 aromatic rings. The Morgan fingerprint density at radius 2 is 1.87 bits per heavy atom. The maximum atomic E-state index is 2.52. The van der Waals surface area contributed by atoms with Gasteiger partial charge in [-0.2, -0.15) is 0 Å². The molecule has 0 fully saturated rings. The van der Waals surface area contributed by atoms with Crippen LogP contribution in [0.1, 0.15) is 46.5 Å². The Hall–Kier alpha value is -0.720. The van der Waals surface area contributed by atoms with Gasteiger partial charge in [0, 0.05) is 18.8 Å². The van der Waals surface area contributed by atoms with E-state index < -0.39 is 0 Å². The lowest BCUT2D eigenvalue weighted by atomic mass is 9.96. The molecule has 86 valence electrons. The van der Waals surface area contributed by atoms with Crippen LogP contribution in [0.15, 0.2) is 23.9 Å². The lowest BCUT2D eigenvalue weighted by Crippen LogP contribution is -2.25. The van der Waals surface area contributed by atoms with Crippen LogP contribution < -0.4 is 0 Å². The second kappa shape index (κ2) is 6.71. The minimum absolute atomic E-state index is 0.777. The van der Waals surface area contributed by atoms with E-state index in [-0.39, 0.29) is 0 Å². The van der Waals surface area contributed by atoms with Crippen LogP contribution in [0, 0.1) is 5.92 Å². The molecular formula is C14H25N. The first kappa shape index (κ1) is 12.4. The lowest BCUT2D eigenvalue weighted by molar-refractivity contribution is 0.350. The first-order valence-corrected chi connectivity index (χ1v) is 6.45. The van der Waals surface area contributed by atoms with Gasteiger partial charge in [0.15, 0.2) is 0 Å². The van der Waals surface area contributed by atoms with Crippen molar-refractivity contribution >= 4 is 0 Å². The maximum Gasteiger partial charge on any atom is 0.0322 e. The minimum atomic E-state index is 0.777. The Morgan fingerprint density at radius 1 is 1.20 bits per heavy atom. The van der Waals surface area contributed by atoms with Crippen molar-refractivity contribution in [2.75, 3.05) is 13.1 Å². The molecule has 1 aliphatic carbocycles. The van der Waals surface area contributed by atoms with Crippen LogP contribution in [0.2, 0.25) is 0 Å². The van der Waals surface area contributed by atoms with Crippen molar-refractivity contribution in [3.05, 3.63) is 23.9 Å². The van der Waals surface area contributed by atoms with E-state index in [9.17, 15) is 0 Å². The molecule has 15 heavy (non-hydrogen) atoms. The summed E-state index contributed by atoms with van der Waals surface area (Å²) in [6, 6.07) is 0. The van der Waals surface area contributed by atoms with Crippen LogP contribution >= 0.6 is 0 Å². The molecular weight excluding hydrogens is 182 g/mol. The second-order valence-electron chi connectivity index (χ2n) is 4.38. The molecule has 1 atom stereocenters. The van der Waals surface area contributed by atoms with Gasteiger partial charge in [0.2, 0.25) is 0 Å². The van der Waals surface area contributed by atoms with Gasteiger partial charge in [0.25, 0.3) is 0 Å². The molecule has 0 heterocycles. The second-order valence-corrected chi connectivity index (χ2v) is 4.38. The topological polar surface area (TPSA) is 3.24 Å². The van der Waals surface area contributed by atoms with E-state index in [4.69, 9.17) is 0 Å². The zero-order valence-corrected chi connectivity index (χ0v) is 10.5. The molecule has 0 N–H and O–H groups in total. The van der Waals surface area contributed by atoms with Crippen molar-refractivity contribution in [1.82, 2.24) is 4.90 Å². The summed E-state index contributed by atoms with van der Waals surface area (Å²) in [6.07, 6.45) is 12.1. The van der Waals surface area contributed by atoms with E-state index in [1.165, 1.54) is 44.5 Å². The van der Waals surface area contributed by atoms with E-state index in [0.29, 0.717) is 0 Å². The molecule has 0 saturated heterocycles. The summed E-state index contributed by atoms with van der Waals surface area (Å²) in [5.74, 6) is 0.777. The van der Waals surface area contributed by atoms with Crippen molar-refractivity contribution in [3.8, 4) is 0 Å². The Kier molecular flexibility index (Phi) is 5.52. The third kappa shape index (κ3) is 3.73. The molecule has 0 saturated carbocycles. The van der Waals surface area contributed by atoms with Crippen LogP contribution in [0.4, 0.5) is 0 Å². The highest BCUT2D eigenvalue weighted by atomic mass is 15.1. The Balaban J connectivity index is 2.54. The first-order chi connectivity index (χ1) is 7.31. The third-order valence-corrected chi connectivity index (χ3v) is 3.05. The van der Waals surface area contributed by atoms with Gasteiger partial charge < -0.3 is 4.90 Å². The van der Waals surface area contributed by atoms with Crippen LogP contribution in [0.25, 0.3) is 0 Å². The van der Waals surface area contributed by atoms with E-state index in [1.807, 2.05) is 0 Å². The van der Waals surface area contributed by atoms with Gasteiger partial charge in [0.1, 0.15) is 0 Å². The number of nitrogens with zero attached hydrogens (tertiary/aromatic N) is 1. The van der Waals surface area contributed by atoms with Crippen LogP contribution in [-0.2, 0) is 0 Å². The minimum Gasteiger partial charge on any atom is -0.372 e. The summed E-state index contributed by atoms with van der Waals surface area (Å²) in [5.41, 5.74) is 1.45. The van der Waals surface area contributed by atoms with Gasteiger partial charge in [-0.25, -0.2) is 0 Å². The highest BCUT2D eigenvalue weighted by Gasteiger charge is 2.10. The van der Waals surface area contributed by atoms with Crippen molar-refractivity contribution in [2.24, 2.45) is 5.92 Å².